The number of hydrogen-bond acceptors (Lipinski definition) is 3. The zero-order valence-electron chi connectivity index (χ0n) is 19.8. The van der Waals surface area contributed by atoms with Gasteiger partial charge < -0.3 is 9.64 Å². The Labute approximate surface area is 204 Å². The van der Waals surface area contributed by atoms with E-state index in [1.54, 1.807) is 16.7 Å². The van der Waals surface area contributed by atoms with E-state index in [1.165, 1.54) is 23.3 Å². The van der Waals surface area contributed by atoms with Crippen molar-refractivity contribution in [3.05, 3.63) is 100 Å². The highest BCUT2D eigenvalue weighted by Gasteiger charge is 2.42. The Hall–Kier alpha value is -3.22. The number of likely N-dealkylation sites (tertiary alicyclic amines) is 1. The number of piperidine rings is 1. The summed E-state index contributed by atoms with van der Waals surface area (Å²) < 4.78 is 23.3. The van der Waals surface area contributed by atoms with Crippen LogP contribution in [0.1, 0.15) is 36.8 Å². The quantitative estimate of drug-likeness (QED) is 0.362. The predicted molar refractivity (Wildman–Crippen MR) is 135 cm³/mol. The largest absolute Gasteiger partial charge is 0.365 e. The molecule has 0 atom stereocenters. The Morgan fingerprint density at radius 3 is 2.31 bits per heavy atom. The number of imidazole rings is 1. The van der Waals surface area contributed by atoms with Crippen LogP contribution in [0.25, 0.3) is 16.7 Å². The summed E-state index contributed by atoms with van der Waals surface area (Å²) in [6, 6.07) is 22.6. The smallest absolute Gasteiger partial charge is 0.333 e. The van der Waals surface area contributed by atoms with Crippen molar-refractivity contribution in [3.63, 3.8) is 0 Å². The molecular weight excluding hydrogens is 441 g/mol. The highest BCUT2D eigenvalue weighted by molar-refractivity contribution is 5.78. The maximum absolute atomic E-state index is 13.4. The third-order valence-corrected chi connectivity index (χ3v) is 7.70. The van der Waals surface area contributed by atoms with Crippen LogP contribution in [-0.2, 0) is 23.5 Å². The minimum Gasteiger partial charge on any atom is -0.365 e. The molecule has 180 valence electrons. The lowest BCUT2D eigenvalue weighted by molar-refractivity contribution is -0.0788. The molecule has 1 saturated heterocycles. The fraction of sp³-hybridized carbons (Fsp3) is 0.345. The van der Waals surface area contributed by atoms with Gasteiger partial charge in [0, 0.05) is 19.6 Å². The van der Waals surface area contributed by atoms with Gasteiger partial charge in [-0.2, -0.15) is 0 Å². The van der Waals surface area contributed by atoms with Gasteiger partial charge in [-0.25, -0.2) is 9.18 Å². The second kappa shape index (κ2) is 9.10. The predicted octanol–water partition coefficient (Wildman–Crippen LogP) is 5.23. The van der Waals surface area contributed by atoms with Crippen molar-refractivity contribution in [1.29, 1.82) is 0 Å². The number of benzene rings is 3. The van der Waals surface area contributed by atoms with E-state index in [2.05, 4.69) is 29.2 Å². The number of rotatable bonds is 6. The molecule has 6 heteroatoms. The molecule has 1 fully saturated rings. The van der Waals surface area contributed by atoms with Crippen LogP contribution in [0.3, 0.4) is 0 Å². The van der Waals surface area contributed by atoms with Crippen molar-refractivity contribution < 1.29 is 9.13 Å². The van der Waals surface area contributed by atoms with Gasteiger partial charge in [-0.3, -0.25) is 9.13 Å². The van der Waals surface area contributed by atoms with Crippen molar-refractivity contribution >= 4 is 11.0 Å². The van der Waals surface area contributed by atoms with Crippen molar-refractivity contribution in [3.8, 4) is 5.69 Å². The van der Waals surface area contributed by atoms with E-state index in [0.717, 1.165) is 63.0 Å². The molecule has 4 aromatic rings. The SMILES string of the molecule is O=c1n(CCCCN2CCC3(CC2)OCc2ccccc23)c2ccccc2n1-c1ccc(F)cc1. The molecule has 35 heavy (non-hydrogen) atoms. The summed E-state index contributed by atoms with van der Waals surface area (Å²) >= 11 is 0. The van der Waals surface area contributed by atoms with Crippen molar-refractivity contribution in [1.82, 2.24) is 14.0 Å². The van der Waals surface area contributed by atoms with E-state index in [9.17, 15) is 9.18 Å². The summed E-state index contributed by atoms with van der Waals surface area (Å²) in [5.74, 6) is -0.308. The monoisotopic (exact) mass is 471 g/mol. The highest BCUT2D eigenvalue weighted by atomic mass is 19.1. The maximum Gasteiger partial charge on any atom is 0.333 e. The molecule has 0 unspecified atom stereocenters. The number of aromatic nitrogens is 2. The molecule has 0 aliphatic carbocycles. The first-order chi connectivity index (χ1) is 17.1. The minimum atomic E-state index is -0.308. The fourth-order valence-corrected chi connectivity index (χ4v) is 5.81. The Morgan fingerprint density at radius 1 is 0.829 bits per heavy atom. The first-order valence-corrected chi connectivity index (χ1v) is 12.6. The summed E-state index contributed by atoms with van der Waals surface area (Å²) in [6.45, 7) is 4.51. The minimum absolute atomic E-state index is 0.0743. The second-order valence-corrected chi connectivity index (χ2v) is 9.72. The Morgan fingerprint density at radius 2 is 1.51 bits per heavy atom. The van der Waals surface area contributed by atoms with Crippen LogP contribution in [0.15, 0.2) is 77.6 Å². The molecule has 0 radical (unpaired) electrons. The van der Waals surface area contributed by atoms with Crippen LogP contribution in [0.2, 0.25) is 0 Å². The van der Waals surface area contributed by atoms with E-state index >= 15 is 0 Å². The van der Waals surface area contributed by atoms with Gasteiger partial charge >= 0.3 is 5.69 Å². The number of hydrogen-bond donors (Lipinski definition) is 0. The number of aryl methyl sites for hydroxylation is 1. The second-order valence-electron chi connectivity index (χ2n) is 9.72. The van der Waals surface area contributed by atoms with Crippen molar-refractivity contribution in [2.45, 2.75) is 44.4 Å². The molecule has 2 aliphatic heterocycles. The Balaban J connectivity index is 1.09. The van der Waals surface area contributed by atoms with Crippen LogP contribution >= 0.6 is 0 Å². The molecule has 6 rings (SSSR count). The number of fused-ring (bicyclic) bond motifs is 3. The van der Waals surface area contributed by atoms with Crippen molar-refractivity contribution in [2.24, 2.45) is 0 Å². The Bertz CT molecular complexity index is 1400. The fourth-order valence-electron chi connectivity index (χ4n) is 5.81. The number of nitrogens with zero attached hydrogens (tertiary/aromatic N) is 3. The topological polar surface area (TPSA) is 39.4 Å². The molecule has 3 heterocycles. The van der Waals surface area contributed by atoms with Gasteiger partial charge in [-0.15, -0.1) is 0 Å². The van der Waals surface area contributed by atoms with Crippen LogP contribution in [0.5, 0.6) is 0 Å². The van der Waals surface area contributed by atoms with Gasteiger partial charge in [0.25, 0.3) is 0 Å². The maximum atomic E-state index is 13.4. The standard InChI is InChI=1S/C29H30FN3O2/c30-23-11-13-24(14-12-23)33-27-10-4-3-9-26(27)32(28(33)34)18-6-5-17-31-19-15-29(16-20-31)25-8-2-1-7-22(25)21-35-29/h1-4,7-14H,5-6,15-21H2. The van der Waals surface area contributed by atoms with Crippen LogP contribution in [0.4, 0.5) is 4.39 Å². The first-order valence-electron chi connectivity index (χ1n) is 12.6. The summed E-state index contributed by atoms with van der Waals surface area (Å²) in [5, 5.41) is 0. The van der Waals surface area contributed by atoms with Crippen LogP contribution in [-0.4, -0.2) is 33.7 Å². The summed E-state index contributed by atoms with van der Waals surface area (Å²) in [5.41, 5.74) is 5.01. The van der Waals surface area contributed by atoms with Crippen molar-refractivity contribution in [2.75, 3.05) is 19.6 Å². The number of ether oxygens (including phenoxy) is 1. The van der Waals surface area contributed by atoms with Gasteiger partial charge in [0.15, 0.2) is 0 Å². The van der Waals surface area contributed by atoms with Gasteiger partial charge in [-0.1, -0.05) is 36.4 Å². The number of halogens is 1. The third kappa shape index (κ3) is 4.01. The molecule has 2 aliphatic rings. The van der Waals surface area contributed by atoms with Gasteiger partial charge in [0.1, 0.15) is 5.82 Å². The first kappa shape index (κ1) is 22.3. The summed E-state index contributed by atoms with van der Waals surface area (Å²) in [7, 11) is 0. The van der Waals surface area contributed by atoms with Gasteiger partial charge in [0.2, 0.25) is 0 Å². The van der Waals surface area contributed by atoms with E-state index < -0.39 is 0 Å². The lowest BCUT2D eigenvalue weighted by atomic mass is 9.84. The molecular formula is C29H30FN3O2. The van der Waals surface area contributed by atoms with E-state index in [-0.39, 0.29) is 17.1 Å². The Kier molecular flexibility index (Phi) is 5.78. The highest BCUT2D eigenvalue weighted by Crippen LogP contribution is 2.43. The molecule has 5 nitrogen and oxygen atoms in total. The summed E-state index contributed by atoms with van der Waals surface area (Å²) in [4.78, 5) is 15.8. The van der Waals surface area contributed by atoms with E-state index in [0.29, 0.717) is 12.2 Å². The molecule has 0 bridgehead atoms. The lowest BCUT2D eigenvalue weighted by Gasteiger charge is -2.39. The van der Waals surface area contributed by atoms with Crippen LogP contribution < -0.4 is 5.69 Å². The van der Waals surface area contributed by atoms with Gasteiger partial charge in [-0.05, 0) is 79.8 Å². The number of para-hydroxylation sites is 2. The average Bonchev–Trinajstić information content (AvgIpc) is 3.39. The van der Waals surface area contributed by atoms with E-state index in [1.807, 2.05) is 28.8 Å². The zero-order valence-corrected chi connectivity index (χ0v) is 19.8. The molecule has 1 aromatic heterocycles. The summed E-state index contributed by atoms with van der Waals surface area (Å²) in [6.07, 6.45) is 4.04. The average molecular weight is 472 g/mol. The lowest BCUT2D eigenvalue weighted by Crippen LogP contribution is -2.42. The van der Waals surface area contributed by atoms with Crippen LogP contribution in [0, 0.1) is 5.82 Å². The normalized spacial score (nSPS) is 17.3. The molecule has 0 amide bonds. The molecule has 0 N–H and O–H groups in total. The molecule has 3 aromatic carbocycles. The van der Waals surface area contributed by atoms with E-state index in [4.69, 9.17) is 4.74 Å². The zero-order chi connectivity index (χ0) is 23.8. The van der Waals surface area contributed by atoms with Gasteiger partial charge in [0.05, 0.1) is 28.9 Å². The molecule has 1 spiro atoms. The third-order valence-electron chi connectivity index (χ3n) is 7.70. The molecule has 0 saturated carbocycles. The number of unbranched alkanes of at least 4 members (excludes halogenated alkanes) is 1.